The smallest absolute Gasteiger partial charge is 0.131 e. The summed E-state index contributed by atoms with van der Waals surface area (Å²) in [6.45, 7) is 4.58. The van der Waals surface area contributed by atoms with Crippen LogP contribution in [0.4, 0.5) is 0 Å². The second kappa shape index (κ2) is 14.1. The Balaban J connectivity index is 1.33. The molecule has 174 valence electrons. The van der Waals surface area contributed by atoms with Crippen molar-refractivity contribution in [3.63, 3.8) is 0 Å². The summed E-state index contributed by atoms with van der Waals surface area (Å²) in [5, 5.41) is 0. The first-order valence-electron chi connectivity index (χ1n) is 13.8. The van der Waals surface area contributed by atoms with Crippen LogP contribution in [-0.2, 0) is 6.42 Å². The third-order valence-electron chi connectivity index (χ3n) is 7.94. The molecule has 0 amide bonds. The van der Waals surface area contributed by atoms with Gasteiger partial charge in [0.05, 0.1) is 0 Å². The van der Waals surface area contributed by atoms with Gasteiger partial charge in [-0.05, 0) is 87.5 Å². The van der Waals surface area contributed by atoms with Gasteiger partial charge in [-0.2, -0.15) is 0 Å². The molecule has 2 nitrogen and oxygen atoms in total. The molecule has 0 radical (unpaired) electrons. The van der Waals surface area contributed by atoms with E-state index in [1.807, 2.05) is 0 Å². The van der Waals surface area contributed by atoms with Crippen molar-refractivity contribution < 1.29 is 0 Å². The van der Waals surface area contributed by atoms with Crippen molar-refractivity contribution in [3.8, 4) is 0 Å². The number of unbranched alkanes of at least 4 members (excludes halogenated alkanes) is 5. The number of allylic oxidation sites excluding steroid dienone is 2. The minimum Gasteiger partial charge on any atom is -0.241 e. The molecule has 0 unspecified atom stereocenters. The lowest BCUT2D eigenvalue weighted by Crippen LogP contribution is -2.15. The van der Waals surface area contributed by atoms with Gasteiger partial charge in [-0.25, -0.2) is 9.97 Å². The normalized spacial score (nSPS) is 27.0. The monoisotopic (exact) mass is 424 g/mol. The lowest BCUT2D eigenvalue weighted by atomic mass is 9.78. The molecule has 0 aliphatic heterocycles. The average Bonchev–Trinajstić information content (AvgIpc) is 2.82. The van der Waals surface area contributed by atoms with E-state index in [4.69, 9.17) is 9.97 Å². The first-order valence-corrected chi connectivity index (χ1v) is 13.8. The molecule has 1 aromatic rings. The predicted molar refractivity (Wildman–Crippen MR) is 133 cm³/mol. The molecule has 2 saturated carbocycles. The molecule has 0 aromatic carbocycles. The van der Waals surface area contributed by atoms with E-state index in [0.717, 1.165) is 30.0 Å². The molecule has 2 aliphatic rings. The van der Waals surface area contributed by atoms with Crippen LogP contribution in [0.1, 0.15) is 134 Å². The summed E-state index contributed by atoms with van der Waals surface area (Å²) in [7, 11) is 0. The molecule has 0 atom stereocenters. The zero-order valence-electron chi connectivity index (χ0n) is 20.5. The van der Waals surface area contributed by atoms with Crippen LogP contribution in [0.5, 0.6) is 0 Å². The summed E-state index contributed by atoms with van der Waals surface area (Å²) in [6.07, 6.45) is 32.4. The van der Waals surface area contributed by atoms with Gasteiger partial charge in [0.15, 0.2) is 0 Å². The minimum absolute atomic E-state index is 0.581. The fourth-order valence-corrected chi connectivity index (χ4v) is 5.70. The topological polar surface area (TPSA) is 25.8 Å². The van der Waals surface area contributed by atoms with Crippen LogP contribution in [0.15, 0.2) is 24.5 Å². The van der Waals surface area contributed by atoms with Crippen LogP contribution in [0.3, 0.4) is 0 Å². The van der Waals surface area contributed by atoms with Crippen molar-refractivity contribution in [3.05, 3.63) is 35.9 Å². The van der Waals surface area contributed by atoms with E-state index in [9.17, 15) is 0 Å². The van der Waals surface area contributed by atoms with Crippen molar-refractivity contribution in [1.29, 1.82) is 0 Å². The molecule has 0 bridgehead atoms. The Morgan fingerprint density at radius 1 is 0.710 bits per heavy atom. The quantitative estimate of drug-likeness (QED) is 0.247. The maximum atomic E-state index is 4.75. The summed E-state index contributed by atoms with van der Waals surface area (Å²) in [5.74, 6) is 4.34. The zero-order chi connectivity index (χ0) is 21.7. The Labute approximate surface area is 192 Å². The van der Waals surface area contributed by atoms with Gasteiger partial charge in [-0.15, -0.1) is 0 Å². The van der Waals surface area contributed by atoms with Crippen molar-refractivity contribution in [2.75, 3.05) is 0 Å². The first-order chi connectivity index (χ1) is 15.3. The minimum atomic E-state index is 0.581. The molecule has 0 N–H and O–H groups in total. The van der Waals surface area contributed by atoms with E-state index < -0.39 is 0 Å². The lowest BCUT2D eigenvalue weighted by Gasteiger charge is -2.28. The second-order valence-electron chi connectivity index (χ2n) is 10.5. The average molecular weight is 425 g/mol. The van der Waals surface area contributed by atoms with Gasteiger partial charge in [-0.1, -0.05) is 70.9 Å². The molecule has 0 spiro atoms. The van der Waals surface area contributed by atoms with Crippen LogP contribution in [0.2, 0.25) is 0 Å². The highest BCUT2D eigenvalue weighted by Gasteiger charge is 2.24. The largest absolute Gasteiger partial charge is 0.241 e. The van der Waals surface area contributed by atoms with E-state index in [0.29, 0.717) is 5.92 Å². The van der Waals surface area contributed by atoms with Gasteiger partial charge in [0.1, 0.15) is 5.82 Å². The number of aromatic nitrogens is 2. The highest BCUT2D eigenvalue weighted by molar-refractivity contribution is 5.09. The van der Waals surface area contributed by atoms with Crippen LogP contribution in [0, 0.1) is 17.8 Å². The molecule has 2 fully saturated rings. The number of aryl methyl sites for hydroxylation is 1. The maximum absolute atomic E-state index is 4.75. The predicted octanol–water partition coefficient (Wildman–Crippen LogP) is 8.82. The van der Waals surface area contributed by atoms with E-state index in [2.05, 4.69) is 38.4 Å². The highest BCUT2D eigenvalue weighted by atomic mass is 14.9. The maximum Gasteiger partial charge on any atom is 0.131 e. The molecular formula is C29H48N2. The van der Waals surface area contributed by atoms with Gasteiger partial charge in [-0.3, -0.25) is 0 Å². The van der Waals surface area contributed by atoms with Gasteiger partial charge < -0.3 is 0 Å². The number of nitrogens with zero attached hydrogens (tertiary/aromatic N) is 2. The van der Waals surface area contributed by atoms with E-state index in [1.54, 1.807) is 0 Å². The van der Waals surface area contributed by atoms with Crippen molar-refractivity contribution >= 4 is 0 Å². The summed E-state index contributed by atoms with van der Waals surface area (Å²) in [4.78, 5) is 9.50. The fourth-order valence-electron chi connectivity index (χ4n) is 5.70. The Morgan fingerprint density at radius 3 is 1.90 bits per heavy atom. The molecule has 1 heterocycles. The van der Waals surface area contributed by atoms with Gasteiger partial charge in [0.2, 0.25) is 0 Å². The first kappa shape index (κ1) is 24.5. The molecule has 31 heavy (non-hydrogen) atoms. The second-order valence-corrected chi connectivity index (χ2v) is 10.5. The summed E-state index contributed by atoms with van der Waals surface area (Å²) in [6, 6.07) is 0. The molecular weight excluding hydrogens is 376 g/mol. The molecule has 0 saturated heterocycles. The van der Waals surface area contributed by atoms with E-state index >= 15 is 0 Å². The molecule has 3 rings (SSSR count). The van der Waals surface area contributed by atoms with E-state index in [1.165, 1.54) is 108 Å². The zero-order valence-corrected chi connectivity index (χ0v) is 20.5. The number of rotatable bonds is 12. The Kier molecular flexibility index (Phi) is 11.1. The van der Waals surface area contributed by atoms with Gasteiger partial charge in [0, 0.05) is 18.3 Å². The van der Waals surface area contributed by atoms with Crippen molar-refractivity contribution in [2.24, 2.45) is 17.8 Å². The van der Waals surface area contributed by atoms with E-state index in [-0.39, 0.29) is 0 Å². The standard InChI is InChI=1S/C29H48N2/c1-3-5-7-9-11-27-22-30-29(31-23-27)28-20-18-26(19-21-28)17-16-25-14-12-24(13-15-25)10-8-6-4-2/h16-17,22-26,28H,3-15,18-21H2,1-2H3/b17-16+. The SMILES string of the molecule is CCCCCCc1cnc(C2CCC(/C=C/C3CCC(CCCCC)CC3)CC2)nc1. The lowest BCUT2D eigenvalue weighted by molar-refractivity contribution is 0.287. The highest BCUT2D eigenvalue weighted by Crippen LogP contribution is 2.37. The van der Waals surface area contributed by atoms with Crippen LogP contribution in [-0.4, -0.2) is 9.97 Å². The van der Waals surface area contributed by atoms with Crippen LogP contribution in [0.25, 0.3) is 0 Å². The molecule has 2 aliphatic carbocycles. The number of hydrogen-bond acceptors (Lipinski definition) is 2. The third-order valence-corrected chi connectivity index (χ3v) is 7.94. The van der Waals surface area contributed by atoms with Gasteiger partial charge in [0.25, 0.3) is 0 Å². The molecule has 1 aromatic heterocycles. The van der Waals surface area contributed by atoms with Crippen molar-refractivity contribution in [2.45, 2.75) is 129 Å². The van der Waals surface area contributed by atoms with Crippen molar-refractivity contribution in [1.82, 2.24) is 9.97 Å². The Morgan fingerprint density at radius 2 is 1.29 bits per heavy atom. The fraction of sp³-hybridized carbons (Fsp3) is 0.793. The van der Waals surface area contributed by atoms with Gasteiger partial charge >= 0.3 is 0 Å². The summed E-state index contributed by atoms with van der Waals surface area (Å²) in [5.41, 5.74) is 1.32. The van der Waals surface area contributed by atoms with Crippen LogP contribution >= 0.6 is 0 Å². The van der Waals surface area contributed by atoms with Crippen LogP contribution < -0.4 is 0 Å². The Hall–Kier alpha value is -1.18. The third kappa shape index (κ3) is 8.70. The Bertz CT molecular complexity index is 604. The summed E-state index contributed by atoms with van der Waals surface area (Å²) < 4.78 is 0. The summed E-state index contributed by atoms with van der Waals surface area (Å²) >= 11 is 0. The number of hydrogen-bond donors (Lipinski definition) is 0. The molecule has 2 heteroatoms.